The Morgan fingerprint density at radius 3 is 2.35 bits per heavy atom. The predicted molar refractivity (Wildman–Crippen MR) is 104 cm³/mol. The number of sulfonamides is 1. The molecule has 1 aromatic carbocycles. The van der Waals surface area contributed by atoms with E-state index in [1.54, 1.807) is 13.8 Å². The highest BCUT2D eigenvalue weighted by atomic mass is 32.2. The first kappa shape index (κ1) is 19.1. The minimum absolute atomic E-state index is 0.213. The van der Waals surface area contributed by atoms with Crippen LogP contribution in [0.4, 0.5) is 0 Å². The summed E-state index contributed by atoms with van der Waals surface area (Å²) in [7, 11) is -3.83. The molecule has 1 aliphatic carbocycles. The first-order chi connectivity index (χ1) is 12.3. The number of carbonyl (C=O) groups is 1. The zero-order valence-electron chi connectivity index (χ0n) is 15.3. The molecule has 3 rings (SSSR count). The number of hydrogen-bond acceptors (Lipinski definition) is 4. The maximum absolute atomic E-state index is 12.6. The Bertz CT molecular complexity index is 899. The molecule has 0 unspecified atom stereocenters. The van der Waals surface area contributed by atoms with Crippen molar-refractivity contribution < 1.29 is 13.2 Å². The van der Waals surface area contributed by atoms with Gasteiger partial charge in [0.1, 0.15) is 0 Å². The maximum atomic E-state index is 12.6. The van der Waals surface area contributed by atoms with E-state index in [1.165, 1.54) is 28.2 Å². The van der Waals surface area contributed by atoms with Gasteiger partial charge in [-0.25, -0.2) is 8.42 Å². The van der Waals surface area contributed by atoms with E-state index in [0.29, 0.717) is 16.0 Å². The summed E-state index contributed by atoms with van der Waals surface area (Å²) >= 11 is 1.46. The van der Waals surface area contributed by atoms with Gasteiger partial charge in [-0.05, 0) is 69.2 Å². The Morgan fingerprint density at radius 2 is 1.65 bits per heavy atom. The van der Waals surface area contributed by atoms with Crippen LogP contribution in [-0.4, -0.2) is 14.3 Å². The second-order valence-electron chi connectivity index (χ2n) is 6.91. The topological polar surface area (TPSA) is 75.3 Å². The van der Waals surface area contributed by atoms with Crippen molar-refractivity contribution in [3.63, 3.8) is 0 Å². The van der Waals surface area contributed by atoms with Gasteiger partial charge in [0.25, 0.3) is 15.9 Å². The fraction of sp³-hybridized carbons (Fsp3) is 0.421. The van der Waals surface area contributed by atoms with E-state index in [0.717, 1.165) is 31.2 Å². The van der Waals surface area contributed by atoms with Crippen molar-refractivity contribution in [2.24, 2.45) is 0 Å². The molecule has 0 aliphatic heterocycles. The van der Waals surface area contributed by atoms with E-state index >= 15 is 0 Å². The average Bonchev–Trinajstić information content (AvgIpc) is 2.82. The largest absolute Gasteiger partial charge is 0.276 e. The average molecular weight is 393 g/mol. The van der Waals surface area contributed by atoms with Crippen LogP contribution in [0.3, 0.4) is 0 Å². The van der Waals surface area contributed by atoms with Gasteiger partial charge in [0.15, 0.2) is 0 Å². The lowest BCUT2D eigenvalue weighted by Gasteiger charge is -2.13. The summed E-state index contributed by atoms with van der Waals surface area (Å²) in [5, 5.41) is 0. The monoisotopic (exact) mass is 392 g/mol. The van der Waals surface area contributed by atoms with Gasteiger partial charge >= 0.3 is 0 Å². The van der Waals surface area contributed by atoms with Crippen molar-refractivity contribution in [2.75, 3.05) is 0 Å². The summed E-state index contributed by atoms with van der Waals surface area (Å²) in [5.74, 6) is -0.408. The first-order valence-electron chi connectivity index (χ1n) is 8.79. The molecule has 0 saturated carbocycles. The van der Waals surface area contributed by atoms with Crippen molar-refractivity contribution in [3.05, 3.63) is 50.2 Å². The van der Waals surface area contributed by atoms with Crippen molar-refractivity contribution in [2.45, 2.75) is 57.8 Å². The van der Waals surface area contributed by atoms with Crippen LogP contribution in [0.5, 0.6) is 0 Å². The highest BCUT2D eigenvalue weighted by Gasteiger charge is 2.22. The molecule has 1 aliphatic rings. The normalized spacial score (nSPS) is 14.6. The zero-order chi connectivity index (χ0) is 18.9. The maximum Gasteiger partial charge on any atom is 0.276 e. The lowest BCUT2D eigenvalue weighted by Crippen LogP contribution is -2.41. The number of hydrazine groups is 1. The highest BCUT2D eigenvalue weighted by Crippen LogP contribution is 2.29. The van der Waals surface area contributed by atoms with Crippen LogP contribution < -0.4 is 10.3 Å². The molecule has 5 nitrogen and oxygen atoms in total. The summed E-state index contributed by atoms with van der Waals surface area (Å²) in [6.07, 6.45) is 5.50. The number of hydrogen-bond donors (Lipinski definition) is 2. The molecule has 1 amide bonds. The summed E-state index contributed by atoms with van der Waals surface area (Å²) in [6.45, 7) is 5.44. The third kappa shape index (κ3) is 4.00. The van der Waals surface area contributed by atoms with Gasteiger partial charge in [0.05, 0.1) is 9.77 Å². The molecule has 140 valence electrons. The predicted octanol–water partition coefficient (Wildman–Crippen LogP) is 3.57. The Labute approximate surface area is 158 Å². The molecule has 0 spiro atoms. The number of amides is 1. The Morgan fingerprint density at radius 1 is 1.00 bits per heavy atom. The third-order valence-electron chi connectivity index (χ3n) is 4.64. The van der Waals surface area contributed by atoms with Gasteiger partial charge in [-0.1, -0.05) is 24.1 Å². The van der Waals surface area contributed by atoms with Crippen LogP contribution in [0.2, 0.25) is 0 Å². The van der Waals surface area contributed by atoms with Crippen molar-refractivity contribution in [1.82, 2.24) is 10.3 Å². The van der Waals surface area contributed by atoms with E-state index < -0.39 is 15.9 Å². The number of thiophene rings is 1. The molecule has 0 saturated heterocycles. The standard InChI is InChI=1S/C19H24N2O3S2/c1-12-9-13(2)18(14(3)10-12)26(23,24)21-20-19(22)17-11-15-7-5-4-6-8-16(15)25-17/h9-11,21H,4-8H2,1-3H3,(H,20,22). The fourth-order valence-electron chi connectivity index (χ4n) is 3.60. The molecule has 7 heteroatoms. The number of benzene rings is 1. The first-order valence-corrected chi connectivity index (χ1v) is 11.1. The summed E-state index contributed by atoms with van der Waals surface area (Å²) in [5.41, 5.74) is 5.91. The molecule has 1 aromatic heterocycles. The lowest BCUT2D eigenvalue weighted by atomic mass is 10.1. The quantitative estimate of drug-likeness (QED) is 0.617. The minimum atomic E-state index is -3.83. The SMILES string of the molecule is Cc1cc(C)c(S(=O)(=O)NNC(=O)c2cc3c(s2)CCCCC3)c(C)c1. The molecule has 0 fully saturated rings. The third-order valence-corrected chi connectivity index (χ3v) is 7.43. The minimum Gasteiger partial charge on any atom is -0.273 e. The summed E-state index contributed by atoms with van der Waals surface area (Å²) < 4.78 is 25.3. The van der Waals surface area contributed by atoms with Gasteiger partial charge in [-0.15, -0.1) is 16.2 Å². The Hall–Kier alpha value is -1.70. The van der Waals surface area contributed by atoms with Crippen molar-refractivity contribution in [3.8, 4) is 0 Å². The van der Waals surface area contributed by atoms with E-state index in [1.807, 2.05) is 25.1 Å². The molecule has 0 radical (unpaired) electrons. The molecule has 2 aromatic rings. The van der Waals surface area contributed by atoms with Crippen LogP contribution in [0.1, 0.15) is 56.1 Å². The van der Waals surface area contributed by atoms with Crippen molar-refractivity contribution in [1.29, 1.82) is 0 Å². The molecular weight excluding hydrogens is 368 g/mol. The Balaban J connectivity index is 1.75. The van der Waals surface area contributed by atoms with Crippen LogP contribution in [0.15, 0.2) is 23.1 Å². The molecule has 0 bridgehead atoms. The van der Waals surface area contributed by atoms with Gasteiger partial charge in [0, 0.05) is 4.88 Å². The smallest absolute Gasteiger partial charge is 0.273 e. The number of aryl methyl sites for hydroxylation is 5. The van der Waals surface area contributed by atoms with Gasteiger partial charge in [0.2, 0.25) is 0 Å². The molecule has 0 atom stereocenters. The van der Waals surface area contributed by atoms with E-state index in [-0.39, 0.29) is 4.90 Å². The van der Waals surface area contributed by atoms with Gasteiger partial charge in [-0.3, -0.25) is 10.2 Å². The number of fused-ring (bicyclic) bond motifs is 1. The summed E-state index contributed by atoms with van der Waals surface area (Å²) in [4.78, 5) is 16.7. The van der Waals surface area contributed by atoms with E-state index in [9.17, 15) is 13.2 Å². The molecular formula is C19H24N2O3S2. The van der Waals surface area contributed by atoms with Crippen LogP contribution in [0.25, 0.3) is 0 Å². The molecule has 1 heterocycles. The number of carbonyl (C=O) groups excluding carboxylic acids is 1. The van der Waals surface area contributed by atoms with Gasteiger partial charge < -0.3 is 0 Å². The van der Waals surface area contributed by atoms with Gasteiger partial charge in [-0.2, -0.15) is 0 Å². The highest BCUT2D eigenvalue weighted by molar-refractivity contribution is 7.89. The van der Waals surface area contributed by atoms with Crippen LogP contribution in [-0.2, 0) is 22.9 Å². The van der Waals surface area contributed by atoms with Crippen molar-refractivity contribution >= 4 is 27.3 Å². The molecule has 2 N–H and O–H groups in total. The fourth-order valence-corrected chi connectivity index (χ4v) is 6.04. The lowest BCUT2D eigenvalue weighted by molar-refractivity contribution is 0.0949. The zero-order valence-corrected chi connectivity index (χ0v) is 16.9. The number of nitrogens with one attached hydrogen (secondary N) is 2. The van der Waals surface area contributed by atoms with Crippen LogP contribution in [0, 0.1) is 20.8 Å². The number of rotatable bonds is 4. The second kappa shape index (κ2) is 7.50. The van der Waals surface area contributed by atoms with E-state index in [4.69, 9.17) is 0 Å². The second-order valence-corrected chi connectivity index (χ2v) is 9.66. The van der Waals surface area contributed by atoms with Crippen LogP contribution >= 0.6 is 11.3 Å². The summed E-state index contributed by atoms with van der Waals surface area (Å²) in [6, 6.07) is 5.54. The Kier molecular flexibility index (Phi) is 5.50. The van der Waals surface area contributed by atoms with E-state index in [2.05, 4.69) is 10.3 Å². The molecule has 26 heavy (non-hydrogen) atoms.